The number of nitrogens with one attached hydrogen (secondary N) is 2. The molecule has 0 unspecified atom stereocenters. The molecular weight excluding hydrogens is 262 g/mol. The number of anilines is 1. The Labute approximate surface area is 128 Å². The molecular formula is C17H29N3O. The van der Waals surface area contributed by atoms with Gasteiger partial charge >= 0.3 is 6.03 Å². The fourth-order valence-corrected chi connectivity index (χ4v) is 2.21. The first-order chi connectivity index (χ1) is 9.96. The van der Waals surface area contributed by atoms with Gasteiger partial charge in [0.05, 0.1) is 0 Å². The van der Waals surface area contributed by atoms with Crippen molar-refractivity contribution in [2.24, 2.45) is 11.1 Å². The van der Waals surface area contributed by atoms with Crippen LogP contribution in [-0.4, -0.2) is 12.6 Å². The number of hydrogen-bond donors (Lipinski definition) is 3. The molecule has 0 spiro atoms. The van der Waals surface area contributed by atoms with E-state index < -0.39 is 0 Å². The Morgan fingerprint density at radius 3 is 2.71 bits per heavy atom. The molecule has 0 saturated heterocycles. The molecule has 4 nitrogen and oxygen atoms in total. The average molecular weight is 291 g/mol. The van der Waals surface area contributed by atoms with Crippen LogP contribution in [0.2, 0.25) is 0 Å². The van der Waals surface area contributed by atoms with Gasteiger partial charge in [-0.3, -0.25) is 0 Å². The second-order valence-corrected chi connectivity index (χ2v) is 6.33. The average Bonchev–Trinajstić information content (AvgIpc) is 2.46. The molecule has 4 N–H and O–H groups in total. The molecule has 0 fully saturated rings. The van der Waals surface area contributed by atoms with Crippen molar-refractivity contribution in [2.75, 3.05) is 11.9 Å². The lowest BCUT2D eigenvalue weighted by atomic mass is 9.87. The summed E-state index contributed by atoms with van der Waals surface area (Å²) in [5.41, 5.74) is 7.51. The molecule has 0 aliphatic carbocycles. The zero-order chi connectivity index (χ0) is 15.7. The lowest BCUT2D eigenvalue weighted by Gasteiger charge is -2.25. The second kappa shape index (κ2) is 8.67. The predicted molar refractivity (Wildman–Crippen MR) is 89.3 cm³/mol. The van der Waals surface area contributed by atoms with Crippen molar-refractivity contribution >= 4 is 11.7 Å². The molecule has 0 atom stereocenters. The van der Waals surface area contributed by atoms with Crippen LogP contribution in [0.15, 0.2) is 24.3 Å². The minimum atomic E-state index is -0.160. The molecule has 1 rings (SSSR count). The molecule has 2 amide bonds. The van der Waals surface area contributed by atoms with Crippen molar-refractivity contribution in [3.8, 4) is 0 Å². The topological polar surface area (TPSA) is 67.2 Å². The van der Waals surface area contributed by atoms with Crippen LogP contribution in [0, 0.1) is 5.41 Å². The third-order valence-electron chi connectivity index (χ3n) is 3.61. The van der Waals surface area contributed by atoms with Crippen LogP contribution in [0.3, 0.4) is 0 Å². The lowest BCUT2D eigenvalue weighted by Crippen LogP contribution is -2.36. The van der Waals surface area contributed by atoms with Gasteiger partial charge in [0.1, 0.15) is 0 Å². The van der Waals surface area contributed by atoms with Crippen molar-refractivity contribution in [1.29, 1.82) is 0 Å². The van der Waals surface area contributed by atoms with Crippen LogP contribution in [0.4, 0.5) is 10.5 Å². The first kappa shape index (κ1) is 17.5. The molecule has 21 heavy (non-hydrogen) atoms. The number of carbonyl (C=O) groups is 1. The minimum Gasteiger partial charge on any atom is -0.337 e. The number of amides is 2. The maximum atomic E-state index is 11.9. The summed E-state index contributed by atoms with van der Waals surface area (Å²) in [6.45, 7) is 7.74. The summed E-state index contributed by atoms with van der Waals surface area (Å²) in [5, 5.41) is 5.81. The van der Waals surface area contributed by atoms with E-state index in [1.54, 1.807) is 0 Å². The summed E-state index contributed by atoms with van der Waals surface area (Å²) in [4.78, 5) is 11.9. The summed E-state index contributed by atoms with van der Waals surface area (Å²) in [6, 6.07) is 7.44. The van der Waals surface area contributed by atoms with Crippen molar-refractivity contribution < 1.29 is 4.79 Å². The van der Waals surface area contributed by atoms with Gasteiger partial charge in [-0.05, 0) is 29.5 Å². The summed E-state index contributed by atoms with van der Waals surface area (Å²) in [6.07, 6.45) is 4.82. The predicted octanol–water partition coefficient (Wildman–Crippen LogP) is 3.87. The fraction of sp³-hybridized carbons (Fsp3) is 0.588. The number of urea groups is 1. The van der Waals surface area contributed by atoms with Crippen molar-refractivity contribution in [3.63, 3.8) is 0 Å². The van der Waals surface area contributed by atoms with E-state index >= 15 is 0 Å². The van der Waals surface area contributed by atoms with Crippen LogP contribution >= 0.6 is 0 Å². The Bertz CT molecular complexity index is 443. The fourth-order valence-electron chi connectivity index (χ4n) is 2.21. The van der Waals surface area contributed by atoms with Crippen LogP contribution in [-0.2, 0) is 6.54 Å². The highest BCUT2D eigenvalue weighted by molar-refractivity contribution is 5.89. The van der Waals surface area contributed by atoms with E-state index in [0.29, 0.717) is 13.1 Å². The molecule has 1 aromatic carbocycles. The third-order valence-corrected chi connectivity index (χ3v) is 3.61. The molecule has 0 saturated carbocycles. The molecule has 4 heteroatoms. The Morgan fingerprint density at radius 1 is 1.29 bits per heavy atom. The molecule has 0 heterocycles. The quantitative estimate of drug-likeness (QED) is 0.636. The summed E-state index contributed by atoms with van der Waals surface area (Å²) >= 11 is 0. The molecule has 0 aliphatic heterocycles. The summed E-state index contributed by atoms with van der Waals surface area (Å²) in [5.74, 6) is 0. The Balaban J connectivity index is 2.39. The van der Waals surface area contributed by atoms with Crippen molar-refractivity contribution in [1.82, 2.24) is 5.32 Å². The van der Waals surface area contributed by atoms with E-state index in [9.17, 15) is 4.79 Å². The lowest BCUT2D eigenvalue weighted by molar-refractivity contribution is 0.241. The Kier molecular flexibility index (Phi) is 7.23. The monoisotopic (exact) mass is 291 g/mol. The Morgan fingerprint density at radius 2 is 2.05 bits per heavy atom. The summed E-state index contributed by atoms with van der Waals surface area (Å²) < 4.78 is 0. The van der Waals surface area contributed by atoms with Gasteiger partial charge in [0.2, 0.25) is 0 Å². The molecule has 0 radical (unpaired) electrons. The van der Waals surface area contributed by atoms with Gasteiger partial charge < -0.3 is 16.4 Å². The highest BCUT2D eigenvalue weighted by Gasteiger charge is 2.18. The molecule has 0 aromatic heterocycles. The molecule has 118 valence electrons. The van der Waals surface area contributed by atoms with Crippen LogP contribution < -0.4 is 16.4 Å². The zero-order valence-electron chi connectivity index (χ0n) is 13.5. The van der Waals surface area contributed by atoms with E-state index in [2.05, 4.69) is 31.4 Å². The van der Waals surface area contributed by atoms with Gasteiger partial charge in [-0.25, -0.2) is 4.79 Å². The van der Waals surface area contributed by atoms with Gasteiger partial charge in [-0.2, -0.15) is 0 Å². The van der Waals surface area contributed by atoms with E-state index in [4.69, 9.17) is 5.73 Å². The Hall–Kier alpha value is -1.55. The maximum Gasteiger partial charge on any atom is 0.319 e. The third kappa shape index (κ3) is 7.14. The van der Waals surface area contributed by atoms with E-state index in [1.807, 2.05) is 24.3 Å². The highest BCUT2D eigenvalue weighted by atomic mass is 16.2. The normalized spacial score (nSPS) is 11.2. The van der Waals surface area contributed by atoms with Crippen LogP contribution in [0.25, 0.3) is 0 Å². The maximum absolute atomic E-state index is 11.9. The van der Waals surface area contributed by atoms with Crippen LogP contribution in [0.1, 0.15) is 52.0 Å². The van der Waals surface area contributed by atoms with E-state index in [0.717, 1.165) is 17.7 Å². The number of hydrogen-bond acceptors (Lipinski definition) is 2. The smallest absolute Gasteiger partial charge is 0.319 e. The van der Waals surface area contributed by atoms with Gasteiger partial charge in [0, 0.05) is 18.8 Å². The van der Waals surface area contributed by atoms with E-state index in [1.165, 1.54) is 19.3 Å². The van der Waals surface area contributed by atoms with Crippen LogP contribution in [0.5, 0.6) is 0 Å². The number of benzene rings is 1. The zero-order valence-corrected chi connectivity index (χ0v) is 13.5. The number of carbonyl (C=O) groups excluding carboxylic acids is 1. The number of nitrogens with two attached hydrogens (primary N) is 1. The van der Waals surface area contributed by atoms with E-state index in [-0.39, 0.29) is 11.4 Å². The molecule has 0 bridgehead atoms. The first-order valence-electron chi connectivity index (χ1n) is 7.81. The van der Waals surface area contributed by atoms with Gasteiger partial charge in [-0.15, -0.1) is 0 Å². The first-order valence-corrected chi connectivity index (χ1v) is 7.81. The number of rotatable bonds is 8. The largest absolute Gasteiger partial charge is 0.337 e. The van der Waals surface area contributed by atoms with Gasteiger partial charge in [-0.1, -0.05) is 52.2 Å². The minimum absolute atomic E-state index is 0.131. The highest BCUT2D eigenvalue weighted by Crippen LogP contribution is 2.22. The summed E-state index contributed by atoms with van der Waals surface area (Å²) in [7, 11) is 0. The molecule has 0 aliphatic rings. The van der Waals surface area contributed by atoms with Crippen molar-refractivity contribution in [2.45, 2.75) is 53.0 Å². The van der Waals surface area contributed by atoms with Crippen molar-refractivity contribution in [3.05, 3.63) is 29.8 Å². The number of unbranched alkanes of at least 4 members (excludes halogenated alkanes) is 2. The second-order valence-electron chi connectivity index (χ2n) is 6.33. The standard InChI is InChI=1S/C17H29N3O/c1-4-5-6-10-17(2,3)13-19-16(21)20-15-9-7-8-14(11-15)12-18/h7-9,11H,4-6,10,12-13,18H2,1-3H3,(H2,19,20,21). The van der Waals surface area contributed by atoms with Gasteiger partial charge in [0.25, 0.3) is 0 Å². The van der Waals surface area contributed by atoms with Gasteiger partial charge in [0.15, 0.2) is 0 Å². The molecule has 1 aromatic rings. The SMILES string of the molecule is CCCCCC(C)(C)CNC(=O)Nc1cccc(CN)c1.